The van der Waals surface area contributed by atoms with Crippen LogP contribution in [0.1, 0.15) is 48.5 Å². The van der Waals surface area contributed by atoms with Crippen molar-refractivity contribution >= 4 is 11.9 Å². The molecule has 1 aromatic rings. The van der Waals surface area contributed by atoms with Crippen LogP contribution in [-0.4, -0.2) is 35.0 Å². The number of hydrogen-bond acceptors (Lipinski definition) is 2. The molecule has 1 saturated carbocycles. The summed E-state index contributed by atoms with van der Waals surface area (Å²) in [6, 6.07) is 7.70. The maximum Gasteiger partial charge on any atom is 0.308 e. The van der Waals surface area contributed by atoms with Gasteiger partial charge in [0.25, 0.3) is 5.91 Å². The first-order chi connectivity index (χ1) is 10.5. The zero-order valence-electron chi connectivity index (χ0n) is 13.2. The van der Waals surface area contributed by atoms with Gasteiger partial charge < -0.3 is 10.0 Å². The largest absolute Gasteiger partial charge is 0.481 e. The Morgan fingerprint density at radius 2 is 1.95 bits per heavy atom. The van der Waals surface area contributed by atoms with Crippen molar-refractivity contribution < 1.29 is 14.7 Å². The molecule has 0 aromatic heterocycles. The van der Waals surface area contributed by atoms with Crippen LogP contribution in [0, 0.1) is 17.8 Å². The molecule has 0 bridgehead atoms. The number of carboxylic acid groups (broad SMARTS) is 1. The van der Waals surface area contributed by atoms with Gasteiger partial charge >= 0.3 is 5.97 Å². The lowest BCUT2D eigenvalue weighted by atomic mass is 9.92. The van der Waals surface area contributed by atoms with Crippen molar-refractivity contribution in [3.8, 4) is 0 Å². The second-order valence-corrected chi connectivity index (χ2v) is 6.94. The van der Waals surface area contributed by atoms with E-state index in [-0.39, 0.29) is 11.8 Å². The number of nitrogens with zero attached hydrogens (tertiary/aromatic N) is 1. The van der Waals surface area contributed by atoms with Gasteiger partial charge in [0.2, 0.25) is 0 Å². The molecule has 1 saturated heterocycles. The number of rotatable bonds is 4. The third-order valence-corrected chi connectivity index (χ3v) is 5.00. The van der Waals surface area contributed by atoms with Crippen molar-refractivity contribution in [1.29, 1.82) is 0 Å². The Labute approximate surface area is 131 Å². The van der Waals surface area contributed by atoms with Gasteiger partial charge in [-0.1, -0.05) is 26.0 Å². The molecule has 1 amide bonds. The number of benzene rings is 1. The standard InChI is InChI=1S/C18H23NO3/c1-11(2)13-4-3-5-14(8-13)17(20)19-9-15(12-6-7-12)16(10-19)18(21)22/h3-5,8,11-12,15-16H,6-7,9-10H2,1-2H3,(H,21,22)/t15-,16+/m0/s1. The zero-order chi connectivity index (χ0) is 15.9. The summed E-state index contributed by atoms with van der Waals surface area (Å²) < 4.78 is 0. The van der Waals surface area contributed by atoms with Crippen LogP contribution in [0.3, 0.4) is 0 Å². The van der Waals surface area contributed by atoms with E-state index in [1.807, 2.05) is 24.3 Å². The number of likely N-dealkylation sites (tertiary alicyclic amines) is 1. The van der Waals surface area contributed by atoms with Crippen LogP contribution < -0.4 is 0 Å². The molecular formula is C18H23NO3. The van der Waals surface area contributed by atoms with E-state index in [1.54, 1.807) is 4.90 Å². The third kappa shape index (κ3) is 2.87. The first-order valence-electron chi connectivity index (χ1n) is 8.09. The van der Waals surface area contributed by atoms with Gasteiger partial charge in [-0.15, -0.1) is 0 Å². The van der Waals surface area contributed by atoms with Crippen LogP contribution in [0.5, 0.6) is 0 Å². The molecule has 2 atom stereocenters. The fourth-order valence-electron chi connectivity index (χ4n) is 3.47. The maximum atomic E-state index is 12.7. The Hall–Kier alpha value is -1.84. The lowest BCUT2D eigenvalue weighted by Gasteiger charge is -2.17. The van der Waals surface area contributed by atoms with Gasteiger partial charge in [0.05, 0.1) is 5.92 Å². The first kappa shape index (κ1) is 15.1. The molecule has 0 radical (unpaired) electrons. The number of carboxylic acids is 1. The highest BCUT2D eigenvalue weighted by Crippen LogP contribution is 2.44. The molecule has 0 unspecified atom stereocenters. The summed E-state index contributed by atoms with van der Waals surface area (Å²) in [6.07, 6.45) is 2.22. The topological polar surface area (TPSA) is 57.6 Å². The quantitative estimate of drug-likeness (QED) is 0.930. The van der Waals surface area contributed by atoms with E-state index >= 15 is 0 Å². The first-order valence-corrected chi connectivity index (χ1v) is 8.09. The van der Waals surface area contributed by atoms with Crippen LogP contribution in [-0.2, 0) is 4.79 Å². The molecule has 2 fully saturated rings. The Kier molecular flexibility index (Phi) is 3.94. The third-order valence-electron chi connectivity index (χ3n) is 5.00. The molecule has 0 spiro atoms. The van der Waals surface area contributed by atoms with E-state index in [4.69, 9.17) is 0 Å². The maximum absolute atomic E-state index is 12.7. The second-order valence-electron chi connectivity index (χ2n) is 6.94. The summed E-state index contributed by atoms with van der Waals surface area (Å²) in [4.78, 5) is 25.9. The minimum Gasteiger partial charge on any atom is -0.481 e. The molecule has 1 aliphatic heterocycles. The van der Waals surface area contributed by atoms with Crippen molar-refractivity contribution in [2.75, 3.05) is 13.1 Å². The summed E-state index contributed by atoms with van der Waals surface area (Å²) in [5.74, 6) is -0.183. The Morgan fingerprint density at radius 3 is 2.55 bits per heavy atom. The van der Waals surface area contributed by atoms with Gasteiger partial charge in [-0.05, 0) is 48.3 Å². The van der Waals surface area contributed by atoms with Crippen molar-refractivity contribution in [1.82, 2.24) is 4.90 Å². The lowest BCUT2D eigenvalue weighted by Crippen LogP contribution is -2.30. The number of carbonyl (C=O) groups excluding carboxylic acids is 1. The molecule has 1 heterocycles. The molecule has 3 rings (SSSR count). The molecule has 1 aromatic carbocycles. The van der Waals surface area contributed by atoms with Gasteiger partial charge in [0.15, 0.2) is 0 Å². The highest BCUT2D eigenvalue weighted by atomic mass is 16.4. The van der Waals surface area contributed by atoms with Gasteiger partial charge in [-0.2, -0.15) is 0 Å². The molecule has 2 aliphatic rings. The molecule has 4 nitrogen and oxygen atoms in total. The molecule has 1 aliphatic carbocycles. The van der Waals surface area contributed by atoms with E-state index < -0.39 is 11.9 Å². The fraction of sp³-hybridized carbons (Fsp3) is 0.556. The van der Waals surface area contributed by atoms with Crippen LogP contribution in [0.25, 0.3) is 0 Å². The molecule has 4 heteroatoms. The van der Waals surface area contributed by atoms with Gasteiger partial charge in [-0.3, -0.25) is 9.59 Å². The summed E-state index contributed by atoms with van der Waals surface area (Å²) in [7, 11) is 0. The minimum atomic E-state index is -0.761. The minimum absolute atomic E-state index is 0.0306. The molecule has 118 valence electrons. The van der Waals surface area contributed by atoms with Crippen molar-refractivity contribution in [2.24, 2.45) is 17.8 Å². The van der Waals surface area contributed by atoms with Crippen molar-refractivity contribution in [3.63, 3.8) is 0 Å². The smallest absolute Gasteiger partial charge is 0.308 e. The highest BCUT2D eigenvalue weighted by Gasteiger charge is 2.46. The average molecular weight is 301 g/mol. The number of carbonyl (C=O) groups is 2. The van der Waals surface area contributed by atoms with E-state index in [9.17, 15) is 14.7 Å². The Bertz CT molecular complexity index is 592. The normalized spacial score (nSPS) is 24.8. The fourth-order valence-corrected chi connectivity index (χ4v) is 3.47. The second kappa shape index (κ2) is 5.75. The van der Waals surface area contributed by atoms with Gasteiger partial charge in [0.1, 0.15) is 0 Å². The predicted octanol–water partition coefficient (Wildman–Crippen LogP) is 2.99. The van der Waals surface area contributed by atoms with Crippen LogP contribution >= 0.6 is 0 Å². The van der Waals surface area contributed by atoms with Crippen molar-refractivity contribution in [3.05, 3.63) is 35.4 Å². The van der Waals surface area contributed by atoms with E-state index in [2.05, 4.69) is 13.8 Å². The Balaban J connectivity index is 1.78. The summed E-state index contributed by atoms with van der Waals surface area (Å²) in [5, 5.41) is 9.41. The predicted molar refractivity (Wildman–Crippen MR) is 83.8 cm³/mol. The number of amides is 1. The summed E-state index contributed by atoms with van der Waals surface area (Å²) >= 11 is 0. The zero-order valence-corrected chi connectivity index (χ0v) is 13.2. The van der Waals surface area contributed by atoms with Crippen LogP contribution in [0.15, 0.2) is 24.3 Å². The van der Waals surface area contributed by atoms with Gasteiger partial charge in [-0.25, -0.2) is 0 Å². The SMILES string of the molecule is CC(C)c1cccc(C(=O)N2C[C@@H](C(=O)O)[C@H](C3CC3)C2)c1. The summed E-state index contributed by atoms with van der Waals surface area (Å²) in [6.45, 7) is 5.14. The molecule has 22 heavy (non-hydrogen) atoms. The molecular weight excluding hydrogens is 278 g/mol. The van der Waals surface area contributed by atoms with E-state index in [1.165, 1.54) is 0 Å². The lowest BCUT2D eigenvalue weighted by molar-refractivity contribution is -0.142. The highest BCUT2D eigenvalue weighted by molar-refractivity contribution is 5.95. The average Bonchev–Trinajstić information content (AvgIpc) is 3.25. The van der Waals surface area contributed by atoms with Crippen LogP contribution in [0.2, 0.25) is 0 Å². The van der Waals surface area contributed by atoms with E-state index in [0.29, 0.717) is 30.5 Å². The van der Waals surface area contributed by atoms with Gasteiger partial charge in [0, 0.05) is 18.7 Å². The number of hydrogen-bond donors (Lipinski definition) is 1. The molecule has 1 N–H and O–H groups in total. The Morgan fingerprint density at radius 1 is 1.23 bits per heavy atom. The number of aliphatic carboxylic acids is 1. The van der Waals surface area contributed by atoms with E-state index in [0.717, 1.165) is 18.4 Å². The van der Waals surface area contributed by atoms with Crippen molar-refractivity contribution in [2.45, 2.75) is 32.6 Å². The van der Waals surface area contributed by atoms with Crippen LogP contribution in [0.4, 0.5) is 0 Å². The summed E-state index contributed by atoms with van der Waals surface area (Å²) in [5.41, 5.74) is 1.81. The monoisotopic (exact) mass is 301 g/mol.